The first-order chi connectivity index (χ1) is 32.2. The van der Waals surface area contributed by atoms with E-state index < -0.39 is 0 Å². The van der Waals surface area contributed by atoms with Gasteiger partial charge in [0.15, 0.2) is 38.7 Å². The second kappa shape index (κ2) is 27.9. The van der Waals surface area contributed by atoms with Crippen LogP contribution in [0.25, 0.3) is 0 Å². The van der Waals surface area contributed by atoms with Crippen LogP contribution in [0.15, 0.2) is 81.8 Å². The first-order valence-electron chi connectivity index (χ1n) is 21.9. The molecule has 14 nitrogen and oxygen atoms in total. The Morgan fingerprint density at radius 2 is 0.925 bits per heavy atom. The number of ether oxygens (including phenoxy) is 9. The molecule has 6 aromatic rings. The fourth-order valence-electron chi connectivity index (χ4n) is 7.05. The van der Waals surface area contributed by atoms with E-state index in [1.165, 1.54) is 44.5 Å². The van der Waals surface area contributed by atoms with E-state index in [1.54, 1.807) is 40.6 Å². The van der Waals surface area contributed by atoms with Crippen LogP contribution in [0.1, 0.15) is 107 Å². The predicted molar refractivity (Wildman–Crippen MR) is 260 cm³/mol. The summed E-state index contributed by atoms with van der Waals surface area (Å²) in [5, 5.41) is 17.8. The molecule has 2 aromatic heterocycles. The van der Waals surface area contributed by atoms with E-state index in [9.17, 15) is 5.11 Å². The predicted octanol–water partition coefficient (Wildman–Crippen LogP) is 11.8. The van der Waals surface area contributed by atoms with Crippen LogP contribution in [-0.4, -0.2) is 71.0 Å². The SMILES string of the molecule is COCOc1cc(CBr)on1.COCOc1cc(COc2cc(C)c(Cc3ccc(OCOC)c(C(C)C)c3)c(C)c2)on1.COCOc1ccc(Cc2c(C)cc(O)cc2C)cc1C(C)C. The first-order valence-corrected chi connectivity index (χ1v) is 23.0. The maximum atomic E-state index is 9.69. The molecule has 364 valence electrons. The summed E-state index contributed by atoms with van der Waals surface area (Å²) in [6.45, 7) is 18.0. The van der Waals surface area contributed by atoms with E-state index in [0.717, 1.165) is 47.0 Å². The van der Waals surface area contributed by atoms with Crippen LogP contribution in [0.4, 0.5) is 0 Å². The lowest BCUT2D eigenvalue weighted by molar-refractivity contribution is 0.0451. The molecule has 2 heterocycles. The van der Waals surface area contributed by atoms with Crippen molar-refractivity contribution in [2.75, 3.05) is 55.6 Å². The number of halogens is 1. The molecule has 1 N–H and O–H groups in total. The Morgan fingerprint density at radius 3 is 1.33 bits per heavy atom. The quantitative estimate of drug-likeness (QED) is 0.0506. The lowest BCUT2D eigenvalue weighted by Gasteiger charge is -2.17. The average Bonchev–Trinajstić information content (AvgIpc) is 3.98. The lowest BCUT2D eigenvalue weighted by atomic mass is 9.93. The van der Waals surface area contributed by atoms with E-state index in [4.69, 9.17) is 46.9 Å². The Labute approximate surface area is 403 Å². The zero-order valence-electron chi connectivity index (χ0n) is 41.0. The number of benzene rings is 4. The van der Waals surface area contributed by atoms with Gasteiger partial charge in [0.25, 0.3) is 11.8 Å². The monoisotopic (exact) mass is 990 g/mol. The summed E-state index contributed by atoms with van der Waals surface area (Å²) in [5.41, 5.74) is 12.0. The Kier molecular flexibility index (Phi) is 22.5. The van der Waals surface area contributed by atoms with Crippen molar-refractivity contribution in [2.45, 2.75) is 92.0 Å². The van der Waals surface area contributed by atoms with E-state index in [1.807, 2.05) is 38.1 Å². The van der Waals surface area contributed by atoms with Crippen LogP contribution in [0.2, 0.25) is 0 Å². The molecule has 0 atom stereocenters. The number of phenolic OH excluding ortho intramolecular Hbond substituents is 1. The summed E-state index contributed by atoms with van der Waals surface area (Å²) in [7, 11) is 6.35. The number of methoxy groups -OCH3 is 4. The number of nitrogens with zero attached hydrogens (tertiary/aromatic N) is 2. The minimum atomic E-state index is 0.119. The summed E-state index contributed by atoms with van der Waals surface area (Å²) in [6.07, 6.45) is 1.69. The van der Waals surface area contributed by atoms with Crippen LogP contribution >= 0.6 is 15.9 Å². The van der Waals surface area contributed by atoms with Crippen molar-refractivity contribution in [3.05, 3.63) is 140 Å². The van der Waals surface area contributed by atoms with Gasteiger partial charge >= 0.3 is 0 Å². The number of alkyl halides is 1. The maximum absolute atomic E-state index is 9.69. The van der Waals surface area contributed by atoms with Gasteiger partial charge in [0.2, 0.25) is 0 Å². The van der Waals surface area contributed by atoms with Gasteiger partial charge < -0.3 is 56.8 Å². The van der Waals surface area contributed by atoms with Gasteiger partial charge in [0.1, 0.15) is 29.6 Å². The van der Waals surface area contributed by atoms with Crippen molar-refractivity contribution in [3.8, 4) is 34.8 Å². The van der Waals surface area contributed by atoms with Crippen LogP contribution in [-0.2, 0) is 43.7 Å². The topological polar surface area (TPSA) is 155 Å². The second-order valence-corrected chi connectivity index (χ2v) is 17.0. The Hall–Kier alpha value is -5.58. The number of phenols is 1. The summed E-state index contributed by atoms with van der Waals surface area (Å²) >= 11 is 3.22. The molecule has 0 aliphatic rings. The van der Waals surface area contributed by atoms with Crippen LogP contribution in [0.3, 0.4) is 0 Å². The smallest absolute Gasteiger partial charge is 0.256 e. The maximum Gasteiger partial charge on any atom is 0.256 e. The number of aromatic hydroxyl groups is 1. The normalized spacial score (nSPS) is 10.9. The van der Waals surface area contributed by atoms with Gasteiger partial charge in [-0.15, -0.1) is 0 Å². The molecule has 0 fully saturated rings. The van der Waals surface area contributed by atoms with Crippen molar-refractivity contribution >= 4 is 15.9 Å². The highest BCUT2D eigenvalue weighted by Gasteiger charge is 2.15. The number of aromatic nitrogens is 2. The number of hydrogen-bond acceptors (Lipinski definition) is 14. The van der Waals surface area contributed by atoms with Crippen LogP contribution in [0, 0.1) is 27.7 Å². The molecule has 4 aromatic carbocycles. The zero-order valence-corrected chi connectivity index (χ0v) is 42.5. The Morgan fingerprint density at radius 1 is 0.522 bits per heavy atom. The van der Waals surface area contributed by atoms with Gasteiger partial charge in [-0.05, 0) is 155 Å². The van der Waals surface area contributed by atoms with Gasteiger partial charge in [0, 0.05) is 40.6 Å². The van der Waals surface area contributed by atoms with E-state index in [0.29, 0.717) is 40.4 Å². The van der Waals surface area contributed by atoms with Crippen molar-refractivity contribution in [1.29, 1.82) is 0 Å². The van der Waals surface area contributed by atoms with Crippen molar-refractivity contribution < 1.29 is 56.8 Å². The van der Waals surface area contributed by atoms with E-state index in [2.05, 4.69) is 109 Å². The molecule has 0 amide bonds. The fraction of sp³-hybridized carbons (Fsp3) is 0.423. The molecule has 67 heavy (non-hydrogen) atoms. The lowest BCUT2D eigenvalue weighted by Crippen LogP contribution is -2.04. The van der Waals surface area contributed by atoms with E-state index in [-0.39, 0.29) is 33.8 Å². The van der Waals surface area contributed by atoms with Crippen molar-refractivity contribution in [2.24, 2.45) is 0 Å². The molecule has 6 rings (SSSR count). The third-order valence-electron chi connectivity index (χ3n) is 10.4. The molecule has 15 heteroatoms. The third kappa shape index (κ3) is 17.2. The highest BCUT2D eigenvalue weighted by molar-refractivity contribution is 9.08. The second-order valence-electron chi connectivity index (χ2n) is 16.4. The molecule has 0 spiro atoms. The van der Waals surface area contributed by atoms with Gasteiger partial charge in [-0.3, -0.25) is 0 Å². The van der Waals surface area contributed by atoms with Crippen molar-refractivity contribution in [3.63, 3.8) is 0 Å². The summed E-state index contributed by atoms with van der Waals surface area (Å²) in [5.74, 6) is 5.73. The molecule has 0 unspecified atom stereocenters. The summed E-state index contributed by atoms with van der Waals surface area (Å²) in [6, 6.07) is 23.9. The van der Waals surface area contributed by atoms with Gasteiger partial charge in [-0.25, -0.2) is 0 Å². The Bertz CT molecular complexity index is 2360. The molecular weight excluding hydrogens is 924 g/mol. The van der Waals surface area contributed by atoms with Crippen LogP contribution < -0.4 is 23.7 Å². The van der Waals surface area contributed by atoms with Gasteiger partial charge in [-0.2, -0.15) is 0 Å². The van der Waals surface area contributed by atoms with Crippen LogP contribution in [0.5, 0.6) is 34.8 Å². The standard InChI is InChI=1S/C26H33NO6.C20H26O3.C6H8BrNO3/c1-17(2)23-11-20(7-8-25(23)31-15-28-5)12-24-18(3)9-21(10-19(24)4)30-14-22-13-26(27-33-22)32-16-29-6;1-13(2)18-10-16(6-7-20(18)23-12-22-5)11-19-14(3)8-17(21)9-15(19)4;1-9-4-10-6-2-5(3-7)11-8-6/h7-11,13,17H,12,14-16H2,1-6H3;6-10,13,21H,11-12H2,1-5H3;2H,3-4H2,1H3. The molecule has 0 bridgehead atoms. The third-order valence-corrected chi connectivity index (χ3v) is 11.0. The molecular formula is C52H67BrN2O12. The molecule has 0 aliphatic heterocycles. The summed E-state index contributed by atoms with van der Waals surface area (Å²) in [4.78, 5) is 0. The fourth-order valence-corrected chi connectivity index (χ4v) is 7.31. The zero-order chi connectivity index (χ0) is 48.9. The minimum absolute atomic E-state index is 0.119. The summed E-state index contributed by atoms with van der Waals surface area (Å²) < 4.78 is 57.2. The first kappa shape index (κ1) is 54.0. The molecule has 0 radical (unpaired) electrons. The van der Waals surface area contributed by atoms with E-state index >= 15 is 0 Å². The molecule has 0 aliphatic carbocycles. The molecule has 0 saturated carbocycles. The number of hydrogen-bond donors (Lipinski definition) is 1. The largest absolute Gasteiger partial charge is 0.508 e. The average molecular weight is 992 g/mol. The van der Waals surface area contributed by atoms with Crippen molar-refractivity contribution in [1.82, 2.24) is 10.3 Å². The molecule has 0 saturated heterocycles. The van der Waals surface area contributed by atoms with Gasteiger partial charge in [0.05, 0.1) is 5.33 Å². The minimum Gasteiger partial charge on any atom is -0.508 e. The van der Waals surface area contributed by atoms with Gasteiger partial charge in [-0.1, -0.05) is 67.9 Å². The highest BCUT2D eigenvalue weighted by Crippen LogP contribution is 2.32. The Balaban J connectivity index is 0.000000248. The highest BCUT2D eigenvalue weighted by atomic mass is 79.9. The number of rotatable bonds is 22. The number of aryl methyl sites for hydroxylation is 4.